The van der Waals surface area contributed by atoms with Gasteiger partial charge in [-0.3, -0.25) is 0 Å². The van der Waals surface area contributed by atoms with Crippen molar-refractivity contribution in [3.8, 4) is 11.1 Å². The van der Waals surface area contributed by atoms with E-state index in [1.807, 2.05) is 6.07 Å². The van der Waals surface area contributed by atoms with Crippen molar-refractivity contribution in [3.63, 3.8) is 0 Å². The number of rotatable bonds is 3. The lowest BCUT2D eigenvalue weighted by Gasteiger charge is -2.01. The minimum atomic E-state index is 1.00. The molecule has 3 aromatic rings. The molecule has 0 amide bonds. The minimum absolute atomic E-state index is 1.00. The number of H-pyrrole nitrogens is 1. The third-order valence-electron chi connectivity index (χ3n) is 3.13. The molecule has 1 aromatic heterocycles. The molecule has 2 aromatic carbocycles. The van der Waals surface area contributed by atoms with Gasteiger partial charge in [0, 0.05) is 12.0 Å². The molecule has 0 fully saturated rings. The van der Waals surface area contributed by atoms with E-state index in [9.17, 15) is 0 Å². The maximum atomic E-state index is 4.72. The first kappa shape index (κ1) is 11.0. The van der Waals surface area contributed by atoms with Gasteiger partial charge >= 0.3 is 0 Å². The van der Waals surface area contributed by atoms with Crippen molar-refractivity contribution >= 4 is 11.0 Å². The van der Waals surface area contributed by atoms with Crippen LogP contribution in [0.2, 0.25) is 0 Å². The van der Waals surface area contributed by atoms with Crippen molar-refractivity contribution in [3.05, 3.63) is 54.4 Å². The lowest BCUT2D eigenvalue weighted by Crippen LogP contribution is -1.84. The number of hydrogen-bond acceptors (Lipinski definition) is 1. The fourth-order valence-corrected chi connectivity index (χ4v) is 2.29. The monoisotopic (exact) mass is 236 g/mol. The zero-order valence-electron chi connectivity index (χ0n) is 10.5. The van der Waals surface area contributed by atoms with Crippen LogP contribution in [0.5, 0.6) is 0 Å². The summed E-state index contributed by atoms with van der Waals surface area (Å²) in [6.07, 6.45) is 2.11. The van der Waals surface area contributed by atoms with Crippen molar-refractivity contribution in [2.75, 3.05) is 0 Å². The predicted octanol–water partition coefficient (Wildman–Crippen LogP) is 4.18. The summed E-state index contributed by atoms with van der Waals surface area (Å²) in [4.78, 5) is 8.12. The summed E-state index contributed by atoms with van der Waals surface area (Å²) in [7, 11) is 0. The normalized spacial score (nSPS) is 10.9. The smallest absolute Gasteiger partial charge is 0.107 e. The van der Waals surface area contributed by atoms with E-state index in [1.165, 1.54) is 11.1 Å². The zero-order chi connectivity index (χ0) is 12.4. The molecule has 0 saturated heterocycles. The third kappa shape index (κ3) is 1.90. The molecule has 90 valence electrons. The van der Waals surface area contributed by atoms with Crippen LogP contribution in [0.4, 0.5) is 0 Å². The van der Waals surface area contributed by atoms with Gasteiger partial charge < -0.3 is 4.98 Å². The van der Waals surface area contributed by atoms with Crippen LogP contribution < -0.4 is 0 Å². The fourth-order valence-electron chi connectivity index (χ4n) is 2.29. The standard InChI is InChI=1S/C16H16N2/c1-2-7-15-17-14-11-6-10-13(16(14)18-15)12-8-4-3-5-9-12/h3-6,8-11H,2,7H2,1H3,(H,17,18). The second kappa shape index (κ2) is 4.65. The molecule has 0 bridgehead atoms. The van der Waals surface area contributed by atoms with Crippen LogP contribution >= 0.6 is 0 Å². The van der Waals surface area contributed by atoms with Crippen molar-refractivity contribution in [1.82, 2.24) is 9.97 Å². The number of aryl methyl sites for hydroxylation is 1. The molecule has 2 heteroatoms. The highest BCUT2D eigenvalue weighted by molar-refractivity contribution is 5.91. The summed E-state index contributed by atoms with van der Waals surface area (Å²) < 4.78 is 0. The van der Waals surface area contributed by atoms with E-state index in [1.54, 1.807) is 0 Å². The number of aromatic nitrogens is 2. The quantitative estimate of drug-likeness (QED) is 0.726. The van der Waals surface area contributed by atoms with Gasteiger partial charge in [0.25, 0.3) is 0 Å². The van der Waals surface area contributed by atoms with Crippen LogP contribution in [-0.4, -0.2) is 9.97 Å². The molecular formula is C16H16N2. The van der Waals surface area contributed by atoms with Gasteiger partial charge in [0.1, 0.15) is 5.82 Å². The predicted molar refractivity (Wildman–Crippen MR) is 75.5 cm³/mol. The van der Waals surface area contributed by atoms with Gasteiger partial charge in [0.15, 0.2) is 0 Å². The van der Waals surface area contributed by atoms with E-state index in [0.717, 1.165) is 29.7 Å². The Kier molecular flexibility index (Phi) is 2.85. The van der Waals surface area contributed by atoms with E-state index in [2.05, 4.69) is 54.4 Å². The van der Waals surface area contributed by atoms with E-state index in [4.69, 9.17) is 4.98 Å². The molecule has 0 spiro atoms. The fraction of sp³-hybridized carbons (Fsp3) is 0.188. The molecule has 3 rings (SSSR count). The molecule has 0 radical (unpaired) electrons. The maximum Gasteiger partial charge on any atom is 0.107 e. The summed E-state index contributed by atoms with van der Waals surface area (Å²) in [6, 6.07) is 16.7. The molecule has 0 saturated carbocycles. The van der Waals surface area contributed by atoms with Crippen LogP contribution in [0, 0.1) is 0 Å². The molecule has 0 atom stereocenters. The Labute approximate surface area is 107 Å². The molecule has 0 aliphatic rings. The molecule has 1 heterocycles. The largest absolute Gasteiger partial charge is 0.342 e. The first-order chi connectivity index (χ1) is 8.88. The Morgan fingerprint density at radius 3 is 2.61 bits per heavy atom. The highest BCUT2D eigenvalue weighted by atomic mass is 14.9. The number of benzene rings is 2. The Balaban J connectivity index is 2.17. The second-order valence-electron chi connectivity index (χ2n) is 4.50. The Hall–Kier alpha value is -2.09. The van der Waals surface area contributed by atoms with Crippen molar-refractivity contribution in [2.45, 2.75) is 19.8 Å². The first-order valence-electron chi connectivity index (χ1n) is 6.41. The summed E-state index contributed by atoms with van der Waals surface area (Å²) >= 11 is 0. The molecule has 0 unspecified atom stereocenters. The third-order valence-corrected chi connectivity index (χ3v) is 3.13. The lowest BCUT2D eigenvalue weighted by molar-refractivity contribution is 0.861. The summed E-state index contributed by atoms with van der Waals surface area (Å²) in [5, 5.41) is 0. The van der Waals surface area contributed by atoms with Crippen LogP contribution in [-0.2, 0) is 6.42 Å². The van der Waals surface area contributed by atoms with E-state index in [0.29, 0.717) is 0 Å². The van der Waals surface area contributed by atoms with E-state index < -0.39 is 0 Å². The molecule has 1 N–H and O–H groups in total. The number of para-hydroxylation sites is 1. The molecule has 2 nitrogen and oxygen atoms in total. The number of nitrogens with zero attached hydrogens (tertiary/aromatic N) is 1. The summed E-state index contributed by atoms with van der Waals surface area (Å²) in [6.45, 7) is 2.17. The van der Waals surface area contributed by atoms with Gasteiger partial charge in [-0.05, 0) is 18.1 Å². The average molecular weight is 236 g/mol. The van der Waals surface area contributed by atoms with Gasteiger partial charge in [-0.15, -0.1) is 0 Å². The van der Waals surface area contributed by atoms with Crippen LogP contribution in [0.25, 0.3) is 22.2 Å². The van der Waals surface area contributed by atoms with Crippen LogP contribution in [0.3, 0.4) is 0 Å². The van der Waals surface area contributed by atoms with Crippen LogP contribution in [0.1, 0.15) is 19.2 Å². The van der Waals surface area contributed by atoms with Crippen molar-refractivity contribution in [1.29, 1.82) is 0 Å². The Morgan fingerprint density at radius 2 is 1.83 bits per heavy atom. The number of aromatic amines is 1. The lowest BCUT2D eigenvalue weighted by atomic mass is 10.0. The number of imidazole rings is 1. The maximum absolute atomic E-state index is 4.72. The zero-order valence-corrected chi connectivity index (χ0v) is 10.5. The molecular weight excluding hydrogens is 220 g/mol. The number of hydrogen-bond donors (Lipinski definition) is 1. The Bertz CT molecular complexity index is 653. The van der Waals surface area contributed by atoms with Crippen LogP contribution in [0.15, 0.2) is 48.5 Å². The SMILES string of the molecule is CCCc1nc2c(-c3ccccc3)cccc2[nH]1. The van der Waals surface area contributed by atoms with Gasteiger partial charge in [-0.25, -0.2) is 4.98 Å². The molecule has 18 heavy (non-hydrogen) atoms. The summed E-state index contributed by atoms with van der Waals surface area (Å²) in [5.41, 5.74) is 4.62. The minimum Gasteiger partial charge on any atom is -0.342 e. The number of fused-ring (bicyclic) bond motifs is 1. The van der Waals surface area contributed by atoms with Gasteiger partial charge in [0.2, 0.25) is 0 Å². The van der Waals surface area contributed by atoms with Gasteiger partial charge in [-0.1, -0.05) is 49.4 Å². The first-order valence-corrected chi connectivity index (χ1v) is 6.41. The average Bonchev–Trinajstić information content (AvgIpc) is 2.82. The molecule has 0 aliphatic heterocycles. The molecule has 0 aliphatic carbocycles. The topological polar surface area (TPSA) is 28.7 Å². The van der Waals surface area contributed by atoms with E-state index >= 15 is 0 Å². The number of nitrogens with one attached hydrogen (secondary N) is 1. The van der Waals surface area contributed by atoms with Crippen molar-refractivity contribution in [2.24, 2.45) is 0 Å². The van der Waals surface area contributed by atoms with Crippen molar-refractivity contribution < 1.29 is 0 Å². The highest BCUT2D eigenvalue weighted by Crippen LogP contribution is 2.27. The Morgan fingerprint density at radius 1 is 1.00 bits per heavy atom. The highest BCUT2D eigenvalue weighted by Gasteiger charge is 2.07. The van der Waals surface area contributed by atoms with Gasteiger partial charge in [0.05, 0.1) is 11.0 Å². The summed E-state index contributed by atoms with van der Waals surface area (Å²) in [5.74, 6) is 1.08. The van der Waals surface area contributed by atoms with Gasteiger partial charge in [-0.2, -0.15) is 0 Å². The second-order valence-corrected chi connectivity index (χ2v) is 4.50. The van der Waals surface area contributed by atoms with E-state index in [-0.39, 0.29) is 0 Å².